The summed E-state index contributed by atoms with van der Waals surface area (Å²) in [5.41, 5.74) is 1.30. The van der Waals surface area contributed by atoms with Crippen LogP contribution in [-0.4, -0.2) is 48.1 Å². The summed E-state index contributed by atoms with van der Waals surface area (Å²) in [7, 11) is 1.55. The van der Waals surface area contributed by atoms with Crippen molar-refractivity contribution in [1.82, 2.24) is 4.90 Å². The number of ether oxygens (including phenoxy) is 2. The summed E-state index contributed by atoms with van der Waals surface area (Å²) in [5.74, 6) is -0.865. The maximum absolute atomic E-state index is 13.0. The molecule has 4 rings (SSSR count). The van der Waals surface area contributed by atoms with Crippen LogP contribution in [0.5, 0.6) is 5.75 Å². The van der Waals surface area contributed by atoms with Crippen molar-refractivity contribution in [1.29, 1.82) is 0 Å². The molecule has 30 heavy (non-hydrogen) atoms. The van der Waals surface area contributed by atoms with E-state index in [2.05, 4.69) is 15.9 Å². The van der Waals surface area contributed by atoms with Gasteiger partial charge in [0, 0.05) is 23.2 Å². The van der Waals surface area contributed by atoms with Crippen molar-refractivity contribution >= 4 is 33.4 Å². The Morgan fingerprint density at radius 1 is 1.17 bits per heavy atom. The van der Waals surface area contributed by atoms with Gasteiger partial charge < -0.3 is 19.5 Å². The number of Topliss-reactive ketones (excluding diaryl/α,β-unsaturated/α-hetero) is 1. The molecule has 0 spiro atoms. The Morgan fingerprint density at radius 3 is 2.47 bits per heavy atom. The van der Waals surface area contributed by atoms with Crippen molar-refractivity contribution in [2.45, 2.75) is 25.0 Å². The largest absolute Gasteiger partial charge is 0.507 e. The quantitative estimate of drug-likeness (QED) is 0.404. The van der Waals surface area contributed by atoms with Crippen molar-refractivity contribution in [3.8, 4) is 5.75 Å². The van der Waals surface area contributed by atoms with Gasteiger partial charge in [0.15, 0.2) is 0 Å². The molecule has 0 aromatic heterocycles. The number of likely N-dealkylation sites (tertiary alicyclic amines) is 1. The van der Waals surface area contributed by atoms with Crippen LogP contribution in [0, 0.1) is 0 Å². The standard InChI is InChI=1S/C23H22BrNO5/c1-29-17-10-6-15(7-11-17)21(26)19-20(14-4-8-16(24)9-5-14)25(23(28)22(19)27)13-18-3-2-12-30-18/h4-11,18,20,26H,2-3,12-13H2,1H3/t18-,20+/m0/s1. The van der Waals surface area contributed by atoms with Crippen LogP contribution in [0.4, 0.5) is 0 Å². The highest BCUT2D eigenvalue weighted by Gasteiger charge is 2.47. The number of halogens is 1. The molecule has 2 atom stereocenters. The predicted octanol–water partition coefficient (Wildman–Crippen LogP) is 4.06. The van der Waals surface area contributed by atoms with E-state index < -0.39 is 17.7 Å². The van der Waals surface area contributed by atoms with Crippen LogP contribution >= 0.6 is 15.9 Å². The molecule has 0 radical (unpaired) electrons. The molecule has 6 nitrogen and oxygen atoms in total. The number of carbonyl (C=O) groups is 2. The zero-order valence-electron chi connectivity index (χ0n) is 16.5. The van der Waals surface area contributed by atoms with E-state index in [0.29, 0.717) is 24.5 Å². The lowest BCUT2D eigenvalue weighted by molar-refractivity contribution is -0.140. The topological polar surface area (TPSA) is 76.1 Å². The van der Waals surface area contributed by atoms with Gasteiger partial charge >= 0.3 is 0 Å². The minimum Gasteiger partial charge on any atom is -0.507 e. The van der Waals surface area contributed by atoms with E-state index in [1.807, 2.05) is 24.3 Å². The first-order valence-corrected chi connectivity index (χ1v) is 10.6. The third kappa shape index (κ3) is 3.87. The average molecular weight is 472 g/mol. The molecule has 1 N–H and O–H groups in total. The van der Waals surface area contributed by atoms with Gasteiger partial charge in [-0.2, -0.15) is 0 Å². The molecule has 2 aliphatic heterocycles. The first-order chi connectivity index (χ1) is 14.5. The number of benzene rings is 2. The Balaban J connectivity index is 1.80. The SMILES string of the molecule is COc1ccc(C(O)=C2C(=O)C(=O)N(C[C@@H]3CCCO3)[C@@H]2c2ccc(Br)cc2)cc1. The monoisotopic (exact) mass is 471 g/mol. The van der Waals surface area contributed by atoms with Gasteiger partial charge in [-0.15, -0.1) is 0 Å². The molecule has 1 amide bonds. The summed E-state index contributed by atoms with van der Waals surface area (Å²) in [4.78, 5) is 27.5. The van der Waals surface area contributed by atoms with Crippen LogP contribution in [0.3, 0.4) is 0 Å². The van der Waals surface area contributed by atoms with Crippen LogP contribution in [0.1, 0.15) is 30.0 Å². The molecule has 2 aliphatic rings. The Bertz CT molecular complexity index is 978. The third-order valence-electron chi connectivity index (χ3n) is 5.51. The van der Waals surface area contributed by atoms with Crippen molar-refractivity contribution in [2.75, 3.05) is 20.3 Å². The lowest BCUT2D eigenvalue weighted by Gasteiger charge is -2.27. The third-order valence-corrected chi connectivity index (χ3v) is 6.04. The zero-order chi connectivity index (χ0) is 21.3. The van der Waals surface area contributed by atoms with E-state index in [1.54, 1.807) is 31.4 Å². The van der Waals surface area contributed by atoms with Crippen LogP contribution in [0.25, 0.3) is 5.76 Å². The summed E-state index contributed by atoms with van der Waals surface area (Å²) in [6.07, 6.45) is 1.67. The van der Waals surface area contributed by atoms with Gasteiger partial charge in [-0.1, -0.05) is 28.1 Å². The lowest BCUT2D eigenvalue weighted by atomic mass is 9.95. The van der Waals surface area contributed by atoms with Gasteiger partial charge in [0.1, 0.15) is 11.5 Å². The lowest BCUT2D eigenvalue weighted by Crippen LogP contribution is -2.36. The molecule has 0 saturated carbocycles. The molecule has 0 unspecified atom stereocenters. The Kier molecular flexibility index (Phi) is 5.92. The Labute approximate surface area is 183 Å². The number of carbonyl (C=O) groups excluding carboxylic acids is 2. The molecule has 2 aromatic rings. The molecule has 2 aromatic carbocycles. The van der Waals surface area contributed by atoms with Crippen molar-refractivity contribution in [2.24, 2.45) is 0 Å². The van der Waals surface area contributed by atoms with E-state index in [-0.39, 0.29) is 17.4 Å². The van der Waals surface area contributed by atoms with Crippen molar-refractivity contribution < 1.29 is 24.2 Å². The first-order valence-electron chi connectivity index (χ1n) is 9.79. The highest BCUT2D eigenvalue weighted by Crippen LogP contribution is 2.40. The number of amides is 1. The molecule has 2 heterocycles. The van der Waals surface area contributed by atoms with Crippen molar-refractivity contribution in [3.63, 3.8) is 0 Å². The molecular formula is C23H22BrNO5. The number of nitrogens with zero attached hydrogens (tertiary/aromatic N) is 1. The molecule has 156 valence electrons. The second kappa shape index (κ2) is 8.62. The maximum Gasteiger partial charge on any atom is 0.295 e. The van der Waals surface area contributed by atoms with Gasteiger partial charge in [-0.3, -0.25) is 9.59 Å². The Hall–Kier alpha value is -2.64. The van der Waals surface area contributed by atoms with Gasteiger partial charge in [0.2, 0.25) is 0 Å². The predicted molar refractivity (Wildman–Crippen MR) is 115 cm³/mol. The summed E-state index contributed by atoms with van der Waals surface area (Å²) >= 11 is 3.42. The smallest absolute Gasteiger partial charge is 0.295 e. The van der Waals surface area contributed by atoms with E-state index in [1.165, 1.54) is 4.90 Å². The highest BCUT2D eigenvalue weighted by molar-refractivity contribution is 9.10. The number of methoxy groups -OCH3 is 1. The van der Waals surface area contributed by atoms with E-state index >= 15 is 0 Å². The summed E-state index contributed by atoms with van der Waals surface area (Å²) in [6, 6.07) is 13.5. The Morgan fingerprint density at radius 2 is 1.87 bits per heavy atom. The van der Waals surface area contributed by atoms with Gasteiger partial charge in [-0.05, 0) is 54.8 Å². The van der Waals surface area contributed by atoms with Crippen LogP contribution < -0.4 is 4.74 Å². The number of aliphatic hydroxyl groups excluding tert-OH is 1. The second-order valence-corrected chi connectivity index (χ2v) is 8.28. The maximum atomic E-state index is 13.0. The number of aliphatic hydroxyl groups is 1. The normalized spacial score (nSPS) is 23.2. The molecular weight excluding hydrogens is 450 g/mol. The number of rotatable bonds is 5. The number of hydrogen-bond donors (Lipinski definition) is 1. The summed E-state index contributed by atoms with van der Waals surface area (Å²) in [5, 5.41) is 11.0. The molecule has 7 heteroatoms. The molecule has 2 saturated heterocycles. The van der Waals surface area contributed by atoms with Crippen LogP contribution in [-0.2, 0) is 14.3 Å². The minimum atomic E-state index is -0.686. The molecule has 0 aliphatic carbocycles. The first kappa shape index (κ1) is 20.6. The van der Waals surface area contributed by atoms with E-state index in [4.69, 9.17) is 9.47 Å². The van der Waals surface area contributed by atoms with Crippen molar-refractivity contribution in [3.05, 3.63) is 69.7 Å². The van der Waals surface area contributed by atoms with Gasteiger partial charge in [-0.25, -0.2) is 0 Å². The fourth-order valence-electron chi connectivity index (χ4n) is 3.97. The fraction of sp³-hybridized carbons (Fsp3) is 0.304. The number of ketones is 1. The van der Waals surface area contributed by atoms with E-state index in [0.717, 1.165) is 22.9 Å². The van der Waals surface area contributed by atoms with E-state index in [9.17, 15) is 14.7 Å². The zero-order valence-corrected chi connectivity index (χ0v) is 18.1. The molecule has 2 fully saturated rings. The van der Waals surface area contributed by atoms with Gasteiger partial charge in [0.05, 0.1) is 24.8 Å². The highest BCUT2D eigenvalue weighted by atomic mass is 79.9. The summed E-state index contributed by atoms with van der Waals surface area (Å²) in [6.45, 7) is 0.966. The summed E-state index contributed by atoms with van der Waals surface area (Å²) < 4.78 is 11.7. The fourth-order valence-corrected chi connectivity index (χ4v) is 4.24. The molecule has 0 bridgehead atoms. The average Bonchev–Trinajstić information content (AvgIpc) is 3.36. The van der Waals surface area contributed by atoms with Crippen LogP contribution in [0.2, 0.25) is 0 Å². The minimum absolute atomic E-state index is 0.0884. The second-order valence-electron chi connectivity index (χ2n) is 7.37. The number of hydrogen-bond acceptors (Lipinski definition) is 5. The van der Waals surface area contributed by atoms with Gasteiger partial charge in [0.25, 0.3) is 11.7 Å². The van der Waals surface area contributed by atoms with Crippen LogP contribution in [0.15, 0.2) is 58.6 Å².